The van der Waals surface area contributed by atoms with Crippen molar-refractivity contribution >= 4 is 0 Å². The fraction of sp³-hybridized carbons (Fsp3) is 0.900. The third kappa shape index (κ3) is 7.83. The summed E-state index contributed by atoms with van der Waals surface area (Å²) in [6.45, 7) is 5.78. The first kappa shape index (κ1) is 10.9. The van der Waals surface area contributed by atoms with Crippen molar-refractivity contribution in [3.05, 3.63) is 6.92 Å². The SMILES string of the molecule is [CH2]CCCCCC(F)CCC. The minimum absolute atomic E-state index is 0.551. The predicted molar refractivity (Wildman–Crippen MR) is 48.2 cm³/mol. The summed E-state index contributed by atoms with van der Waals surface area (Å²) in [5, 5.41) is 0. The van der Waals surface area contributed by atoms with E-state index in [9.17, 15) is 4.39 Å². The van der Waals surface area contributed by atoms with E-state index >= 15 is 0 Å². The lowest BCUT2D eigenvalue weighted by Crippen LogP contribution is -1.98. The van der Waals surface area contributed by atoms with Gasteiger partial charge in [-0.1, -0.05) is 46.0 Å². The second-order valence-electron chi connectivity index (χ2n) is 3.09. The number of halogens is 1. The lowest BCUT2D eigenvalue weighted by molar-refractivity contribution is 0.286. The molecule has 1 atom stereocenters. The predicted octanol–water partition coefficient (Wildman–Crippen LogP) is 3.91. The topological polar surface area (TPSA) is 0 Å². The number of rotatable bonds is 7. The summed E-state index contributed by atoms with van der Waals surface area (Å²) in [6.07, 6.45) is 6.24. The van der Waals surface area contributed by atoms with E-state index in [1.807, 2.05) is 6.92 Å². The molecular formula is C10H20F. The molecule has 0 saturated heterocycles. The first-order valence-corrected chi connectivity index (χ1v) is 4.74. The van der Waals surface area contributed by atoms with Gasteiger partial charge in [-0.15, -0.1) is 0 Å². The first-order valence-electron chi connectivity index (χ1n) is 4.74. The molecule has 0 aromatic heterocycles. The van der Waals surface area contributed by atoms with Crippen LogP contribution >= 0.6 is 0 Å². The minimum atomic E-state index is -0.551. The number of alkyl halides is 1. The van der Waals surface area contributed by atoms with Crippen molar-refractivity contribution in [2.75, 3.05) is 0 Å². The molecule has 0 fully saturated rings. The van der Waals surface area contributed by atoms with Crippen LogP contribution in [-0.4, -0.2) is 6.17 Å². The Morgan fingerprint density at radius 2 is 1.91 bits per heavy atom. The zero-order chi connectivity index (χ0) is 8.53. The molecule has 0 nitrogen and oxygen atoms in total. The highest BCUT2D eigenvalue weighted by Crippen LogP contribution is 2.11. The third-order valence-electron chi connectivity index (χ3n) is 1.87. The van der Waals surface area contributed by atoms with Crippen LogP contribution in [0.5, 0.6) is 0 Å². The van der Waals surface area contributed by atoms with Crippen molar-refractivity contribution in [1.29, 1.82) is 0 Å². The quantitative estimate of drug-likeness (QED) is 0.494. The van der Waals surface area contributed by atoms with Gasteiger partial charge in [0.2, 0.25) is 0 Å². The normalized spacial score (nSPS) is 13.4. The second-order valence-corrected chi connectivity index (χ2v) is 3.09. The van der Waals surface area contributed by atoms with E-state index in [0.717, 1.165) is 44.9 Å². The van der Waals surface area contributed by atoms with E-state index in [4.69, 9.17) is 0 Å². The van der Waals surface area contributed by atoms with Crippen molar-refractivity contribution in [2.24, 2.45) is 0 Å². The zero-order valence-corrected chi connectivity index (χ0v) is 7.61. The number of unbranched alkanes of at least 4 members (excludes halogenated alkanes) is 3. The van der Waals surface area contributed by atoms with Crippen molar-refractivity contribution in [1.82, 2.24) is 0 Å². The Morgan fingerprint density at radius 1 is 1.18 bits per heavy atom. The summed E-state index contributed by atoms with van der Waals surface area (Å²) in [5.41, 5.74) is 0. The van der Waals surface area contributed by atoms with Crippen LogP contribution in [0.2, 0.25) is 0 Å². The van der Waals surface area contributed by atoms with Gasteiger partial charge in [-0.3, -0.25) is 0 Å². The summed E-state index contributed by atoms with van der Waals surface area (Å²) < 4.78 is 12.8. The van der Waals surface area contributed by atoms with Gasteiger partial charge in [-0.25, -0.2) is 4.39 Å². The van der Waals surface area contributed by atoms with Gasteiger partial charge in [-0.2, -0.15) is 0 Å². The molecule has 0 aliphatic carbocycles. The molecular weight excluding hydrogens is 139 g/mol. The van der Waals surface area contributed by atoms with Crippen LogP contribution in [0.15, 0.2) is 0 Å². The second kappa shape index (κ2) is 8.03. The zero-order valence-electron chi connectivity index (χ0n) is 7.61. The van der Waals surface area contributed by atoms with Gasteiger partial charge in [0, 0.05) is 0 Å². The molecule has 0 spiro atoms. The Labute approximate surface area is 70.2 Å². The Kier molecular flexibility index (Phi) is 7.98. The standard InChI is InChI=1S/C10H20F/c1-3-5-6-7-9-10(11)8-4-2/h10H,1,3-9H2,2H3. The van der Waals surface area contributed by atoms with E-state index in [-0.39, 0.29) is 0 Å². The molecule has 0 rings (SSSR count). The molecule has 0 aromatic carbocycles. The van der Waals surface area contributed by atoms with Crippen LogP contribution < -0.4 is 0 Å². The fourth-order valence-electron chi connectivity index (χ4n) is 1.18. The van der Waals surface area contributed by atoms with Gasteiger partial charge in [0.05, 0.1) is 0 Å². The number of hydrogen-bond acceptors (Lipinski definition) is 0. The van der Waals surface area contributed by atoms with E-state index in [2.05, 4.69) is 6.92 Å². The molecule has 0 aromatic rings. The Balaban J connectivity index is 2.97. The minimum Gasteiger partial charge on any atom is -0.247 e. The van der Waals surface area contributed by atoms with Crippen LogP contribution in [0, 0.1) is 6.92 Å². The van der Waals surface area contributed by atoms with E-state index < -0.39 is 6.17 Å². The molecule has 0 heterocycles. The van der Waals surface area contributed by atoms with Gasteiger partial charge in [0.25, 0.3) is 0 Å². The Hall–Kier alpha value is -0.0700. The molecule has 0 saturated carbocycles. The average molecular weight is 159 g/mol. The van der Waals surface area contributed by atoms with Gasteiger partial charge >= 0.3 is 0 Å². The summed E-state index contributed by atoms with van der Waals surface area (Å²) >= 11 is 0. The lowest BCUT2D eigenvalue weighted by atomic mass is 10.1. The van der Waals surface area contributed by atoms with Gasteiger partial charge in [0.1, 0.15) is 6.17 Å². The van der Waals surface area contributed by atoms with E-state index in [0.29, 0.717) is 0 Å². The molecule has 0 aliphatic heterocycles. The molecule has 0 aliphatic rings. The Morgan fingerprint density at radius 3 is 2.45 bits per heavy atom. The summed E-state index contributed by atoms with van der Waals surface area (Å²) in [6, 6.07) is 0. The van der Waals surface area contributed by atoms with Crippen LogP contribution in [0.25, 0.3) is 0 Å². The summed E-state index contributed by atoms with van der Waals surface area (Å²) in [4.78, 5) is 0. The average Bonchev–Trinajstić information content (AvgIpc) is 1.99. The van der Waals surface area contributed by atoms with Crippen LogP contribution in [-0.2, 0) is 0 Å². The molecule has 1 unspecified atom stereocenters. The molecule has 11 heavy (non-hydrogen) atoms. The van der Waals surface area contributed by atoms with Crippen LogP contribution in [0.4, 0.5) is 4.39 Å². The maximum absolute atomic E-state index is 12.8. The van der Waals surface area contributed by atoms with Crippen molar-refractivity contribution in [3.8, 4) is 0 Å². The van der Waals surface area contributed by atoms with Gasteiger partial charge in [0.15, 0.2) is 0 Å². The highest BCUT2D eigenvalue weighted by Gasteiger charge is 2.02. The highest BCUT2D eigenvalue weighted by molar-refractivity contribution is 4.55. The monoisotopic (exact) mass is 159 g/mol. The van der Waals surface area contributed by atoms with E-state index in [1.54, 1.807) is 0 Å². The molecule has 1 radical (unpaired) electrons. The maximum Gasteiger partial charge on any atom is 0.100 e. The Bertz CT molecular complexity index is 71.3. The molecule has 0 N–H and O–H groups in total. The van der Waals surface area contributed by atoms with E-state index in [1.165, 1.54) is 0 Å². The summed E-state index contributed by atoms with van der Waals surface area (Å²) in [7, 11) is 0. The van der Waals surface area contributed by atoms with Gasteiger partial charge < -0.3 is 0 Å². The molecule has 0 bridgehead atoms. The van der Waals surface area contributed by atoms with Crippen LogP contribution in [0.3, 0.4) is 0 Å². The highest BCUT2D eigenvalue weighted by atomic mass is 19.1. The first-order chi connectivity index (χ1) is 5.31. The smallest absolute Gasteiger partial charge is 0.100 e. The van der Waals surface area contributed by atoms with Crippen molar-refractivity contribution < 1.29 is 4.39 Å². The fourth-order valence-corrected chi connectivity index (χ4v) is 1.18. The molecule has 1 heteroatoms. The van der Waals surface area contributed by atoms with Crippen LogP contribution in [0.1, 0.15) is 51.9 Å². The third-order valence-corrected chi connectivity index (χ3v) is 1.87. The van der Waals surface area contributed by atoms with Gasteiger partial charge in [-0.05, 0) is 12.8 Å². The summed E-state index contributed by atoms with van der Waals surface area (Å²) in [5.74, 6) is 0. The maximum atomic E-state index is 12.8. The van der Waals surface area contributed by atoms with Crippen molar-refractivity contribution in [3.63, 3.8) is 0 Å². The molecule has 0 amide bonds. The lowest BCUT2D eigenvalue weighted by Gasteiger charge is -2.04. The molecule has 67 valence electrons. The van der Waals surface area contributed by atoms with Crippen molar-refractivity contribution in [2.45, 2.75) is 58.0 Å². The number of hydrogen-bond donors (Lipinski definition) is 0. The largest absolute Gasteiger partial charge is 0.247 e.